The molecule has 2 aromatic rings. The Balaban J connectivity index is 1.49. The number of piperidine rings is 1. The molecule has 2 N–H and O–H groups in total. The Morgan fingerprint density at radius 3 is 2.50 bits per heavy atom. The SMILES string of the molecule is CCN1c2ccccc2C(=O)NC12CCN(C(=O)Nc1ccccc1C)CC2. The Morgan fingerprint density at radius 2 is 1.79 bits per heavy atom. The number of nitrogens with zero attached hydrogens (tertiary/aromatic N) is 2. The molecular formula is C22H26N4O2. The number of hydrogen-bond acceptors (Lipinski definition) is 3. The number of carbonyl (C=O) groups excluding carboxylic acids is 2. The lowest BCUT2D eigenvalue weighted by Crippen LogP contribution is -2.68. The van der Waals surface area contributed by atoms with Gasteiger partial charge in [0, 0.05) is 38.2 Å². The smallest absolute Gasteiger partial charge is 0.321 e. The van der Waals surface area contributed by atoms with E-state index in [0.29, 0.717) is 25.9 Å². The van der Waals surface area contributed by atoms with Gasteiger partial charge in [0.2, 0.25) is 0 Å². The van der Waals surface area contributed by atoms with Crippen molar-refractivity contribution >= 4 is 23.3 Å². The number of hydrogen-bond donors (Lipinski definition) is 2. The minimum absolute atomic E-state index is 0.0295. The van der Waals surface area contributed by atoms with E-state index >= 15 is 0 Å². The molecule has 2 aromatic carbocycles. The Morgan fingerprint density at radius 1 is 1.11 bits per heavy atom. The number of para-hydroxylation sites is 2. The molecule has 6 heteroatoms. The van der Waals surface area contributed by atoms with E-state index < -0.39 is 5.66 Å². The van der Waals surface area contributed by atoms with Crippen LogP contribution in [-0.2, 0) is 0 Å². The quantitative estimate of drug-likeness (QED) is 0.839. The number of fused-ring (bicyclic) bond motifs is 1. The first-order chi connectivity index (χ1) is 13.5. The molecule has 0 atom stereocenters. The van der Waals surface area contributed by atoms with Gasteiger partial charge in [-0.3, -0.25) is 4.79 Å². The van der Waals surface area contributed by atoms with Gasteiger partial charge in [0.1, 0.15) is 5.66 Å². The summed E-state index contributed by atoms with van der Waals surface area (Å²) in [4.78, 5) is 29.5. The normalized spacial score (nSPS) is 17.9. The van der Waals surface area contributed by atoms with Crippen LogP contribution >= 0.6 is 0 Å². The molecule has 0 radical (unpaired) electrons. The summed E-state index contributed by atoms with van der Waals surface area (Å²) in [6.45, 7) is 6.07. The highest BCUT2D eigenvalue weighted by Gasteiger charge is 2.45. The molecule has 3 amide bonds. The highest BCUT2D eigenvalue weighted by Crippen LogP contribution is 2.37. The molecule has 4 rings (SSSR count). The number of likely N-dealkylation sites (tertiary alicyclic amines) is 1. The third-order valence-corrected chi connectivity index (χ3v) is 5.88. The number of rotatable bonds is 2. The zero-order valence-electron chi connectivity index (χ0n) is 16.4. The fraction of sp³-hybridized carbons (Fsp3) is 0.364. The van der Waals surface area contributed by atoms with Crippen molar-refractivity contribution in [3.63, 3.8) is 0 Å². The topological polar surface area (TPSA) is 64.7 Å². The summed E-state index contributed by atoms with van der Waals surface area (Å²) in [6.07, 6.45) is 1.39. The van der Waals surface area contributed by atoms with Crippen molar-refractivity contribution < 1.29 is 9.59 Å². The van der Waals surface area contributed by atoms with Crippen molar-refractivity contribution in [1.82, 2.24) is 10.2 Å². The van der Waals surface area contributed by atoms with E-state index in [0.717, 1.165) is 29.0 Å². The third-order valence-electron chi connectivity index (χ3n) is 5.88. The van der Waals surface area contributed by atoms with Crippen LogP contribution in [0.15, 0.2) is 48.5 Å². The number of benzene rings is 2. The number of nitrogens with one attached hydrogen (secondary N) is 2. The van der Waals surface area contributed by atoms with Gasteiger partial charge >= 0.3 is 6.03 Å². The molecular weight excluding hydrogens is 352 g/mol. The molecule has 0 unspecified atom stereocenters. The van der Waals surface area contributed by atoms with Crippen LogP contribution in [0.3, 0.4) is 0 Å². The fourth-order valence-corrected chi connectivity index (χ4v) is 4.33. The summed E-state index contributed by atoms with van der Waals surface area (Å²) in [5.41, 5.74) is 3.14. The van der Waals surface area contributed by atoms with Gasteiger partial charge in [0.25, 0.3) is 5.91 Å². The first-order valence-electron chi connectivity index (χ1n) is 9.85. The van der Waals surface area contributed by atoms with Crippen LogP contribution < -0.4 is 15.5 Å². The second-order valence-corrected chi connectivity index (χ2v) is 7.48. The molecule has 0 aromatic heterocycles. The zero-order chi connectivity index (χ0) is 19.7. The van der Waals surface area contributed by atoms with Gasteiger partial charge in [-0.15, -0.1) is 0 Å². The van der Waals surface area contributed by atoms with Gasteiger partial charge in [0.15, 0.2) is 0 Å². The van der Waals surface area contributed by atoms with Crippen molar-refractivity contribution in [1.29, 1.82) is 0 Å². The molecule has 0 saturated carbocycles. The number of carbonyl (C=O) groups is 2. The Kier molecular flexibility index (Phi) is 4.71. The number of urea groups is 1. The maximum atomic E-state index is 12.7. The minimum Gasteiger partial charge on any atom is -0.348 e. The molecule has 146 valence electrons. The molecule has 1 saturated heterocycles. The van der Waals surface area contributed by atoms with Gasteiger partial charge in [0.05, 0.1) is 11.3 Å². The van der Waals surface area contributed by atoms with Crippen molar-refractivity contribution in [3.05, 3.63) is 59.7 Å². The standard InChI is InChI=1S/C22H26N4O2/c1-3-26-19-11-7-5-9-17(19)20(27)24-22(26)12-14-25(15-13-22)21(28)23-18-10-6-4-8-16(18)2/h4-11H,3,12-15H2,1-2H3,(H,23,28)(H,24,27). The summed E-state index contributed by atoms with van der Waals surface area (Å²) >= 11 is 0. The van der Waals surface area contributed by atoms with E-state index in [1.165, 1.54) is 0 Å². The molecule has 2 aliphatic heterocycles. The number of amides is 3. The predicted octanol–water partition coefficient (Wildman–Crippen LogP) is 3.59. The molecule has 0 aliphatic carbocycles. The monoisotopic (exact) mass is 378 g/mol. The van der Waals surface area contributed by atoms with E-state index in [2.05, 4.69) is 22.5 Å². The fourth-order valence-electron chi connectivity index (χ4n) is 4.33. The summed E-state index contributed by atoms with van der Waals surface area (Å²) in [5, 5.41) is 6.24. The van der Waals surface area contributed by atoms with E-state index in [9.17, 15) is 9.59 Å². The van der Waals surface area contributed by atoms with Crippen LogP contribution in [0.1, 0.15) is 35.7 Å². The van der Waals surface area contributed by atoms with Gasteiger partial charge in [-0.25, -0.2) is 4.79 Å². The van der Waals surface area contributed by atoms with Crippen LogP contribution in [0.25, 0.3) is 0 Å². The van der Waals surface area contributed by atoms with E-state index in [1.54, 1.807) is 0 Å². The van der Waals surface area contributed by atoms with Crippen LogP contribution in [0.2, 0.25) is 0 Å². The first kappa shape index (κ1) is 18.3. The lowest BCUT2D eigenvalue weighted by Gasteiger charge is -2.52. The Hall–Kier alpha value is -3.02. The zero-order valence-corrected chi connectivity index (χ0v) is 16.4. The summed E-state index contributed by atoms with van der Waals surface area (Å²) in [5.74, 6) is -0.0295. The molecule has 2 heterocycles. The molecule has 1 fully saturated rings. The van der Waals surface area contributed by atoms with E-state index in [1.807, 2.05) is 60.4 Å². The highest BCUT2D eigenvalue weighted by molar-refractivity contribution is 6.02. The average Bonchev–Trinajstić information content (AvgIpc) is 2.70. The molecule has 28 heavy (non-hydrogen) atoms. The van der Waals surface area contributed by atoms with Gasteiger partial charge in [-0.1, -0.05) is 30.3 Å². The average molecular weight is 378 g/mol. The van der Waals surface area contributed by atoms with Gasteiger partial charge in [-0.05, 0) is 37.6 Å². The molecule has 0 bridgehead atoms. The number of aryl methyl sites for hydroxylation is 1. The Bertz CT molecular complexity index is 903. The van der Waals surface area contributed by atoms with Crippen molar-refractivity contribution in [2.24, 2.45) is 0 Å². The van der Waals surface area contributed by atoms with Gasteiger partial charge in [-0.2, -0.15) is 0 Å². The second kappa shape index (κ2) is 7.19. The highest BCUT2D eigenvalue weighted by atomic mass is 16.2. The predicted molar refractivity (Wildman–Crippen MR) is 111 cm³/mol. The summed E-state index contributed by atoms with van der Waals surface area (Å²) in [6, 6.07) is 15.4. The molecule has 2 aliphatic rings. The number of anilines is 2. The van der Waals surface area contributed by atoms with Crippen LogP contribution in [0.5, 0.6) is 0 Å². The van der Waals surface area contributed by atoms with Crippen molar-refractivity contribution in [2.75, 3.05) is 29.9 Å². The summed E-state index contributed by atoms with van der Waals surface area (Å²) in [7, 11) is 0. The Labute approximate surface area is 165 Å². The molecule has 1 spiro atoms. The van der Waals surface area contributed by atoms with Gasteiger partial charge < -0.3 is 20.4 Å². The maximum absolute atomic E-state index is 12.7. The molecule has 6 nitrogen and oxygen atoms in total. The lowest BCUT2D eigenvalue weighted by molar-refractivity contribution is 0.0808. The largest absolute Gasteiger partial charge is 0.348 e. The maximum Gasteiger partial charge on any atom is 0.321 e. The van der Waals surface area contributed by atoms with Crippen molar-refractivity contribution in [3.8, 4) is 0 Å². The lowest BCUT2D eigenvalue weighted by atomic mass is 9.90. The van der Waals surface area contributed by atoms with Crippen LogP contribution in [0, 0.1) is 6.92 Å². The first-order valence-corrected chi connectivity index (χ1v) is 9.85. The summed E-state index contributed by atoms with van der Waals surface area (Å²) < 4.78 is 0. The van der Waals surface area contributed by atoms with E-state index in [4.69, 9.17) is 0 Å². The van der Waals surface area contributed by atoms with Crippen molar-refractivity contribution in [2.45, 2.75) is 32.4 Å². The van der Waals surface area contributed by atoms with Crippen LogP contribution in [0.4, 0.5) is 16.2 Å². The third kappa shape index (κ3) is 3.09. The van der Waals surface area contributed by atoms with Crippen LogP contribution in [-0.4, -0.2) is 42.1 Å². The second-order valence-electron chi connectivity index (χ2n) is 7.48. The van der Waals surface area contributed by atoms with E-state index in [-0.39, 0.29) is 11.9 Å². The minimum atomic E-state index is -0.431.